The minimum Gasteiger partial charge on any atom is -0.366 e. The zero-order valence-corrected chi connectivity index (χ0v) is 23.8. The lowest BCUT2D eigenvalue weighted by molar-refractivity contribution is 0.0939. The summed E-state index contributed by atoms with van der Waals surface area (Å²) in [5, 5.41) is 12.4. The molecule has 3 heterocycles. The number of aromatic nitrogens is 4. The Bertz CT molecular complexity index is 1470. The average Bonchev–Trinajstić information content (AvgIpc) is 3.58. The highest BCUT2D eigenvalue weighted by atomic mass is 16.1. The van der Waals surface area contributed by atoms with Crippen LogP contribution >= 0.6 is 0 Å². The largest absolute Gasteiger partial charge is 0.366 e. The molecule has 39 heavy (non-hydrogen) atoms. The number of aryl methyl sites for hydroxylation is 3. The van der Waals surface area contributed by atoms with Crippen molar-refractivity contribution in [2.24, 2.45) is 7.05 Å². The van der Waals surface area contributed by atoms with Gasteiger partial charge in [0.15, 0.2) is 0 Å². The van der Waals surface area contributed by atoms with Crippen LogP contribution in [-0.4, -0.2) is 63.1 Å². The molecule has 1 fully saturated rings. The first kappa shape index (κ1) is 26.7. The Morgan fingerprint density at radius 3 is 2.56 bits per heavy atom. The molecule has 0 saturated carbocycles. The van der Waals surface area contributed by atoms with Gasteiger partial charge in [-0.3, -0.25) is 14.2 Å². The minimum atomic E-state index is -0.202. The fraction of sp³-hybridized carbons (Fsp3) is 0.387. The van der Waals surface area contributed by atoms with Crippen molar-refractivity contribution in [3.63, 3.8) is 0 Å². The molecule has 2 aromatic carbocycles. The standard InChI is InChI=1S/C31H39N7O/c1-7-37-11-10-30(34-37)26-15-24(14-25(16-26)27-18-32-36(6)20-27)23(4)33-31(39)29-17-28(9-8-21(29)2)38-13-12-35(5)19-22(38)3/h8-11,14-18,20,22-23H,7,12-13,19H2,1-6H3,(H,33,39)/t22-,23+/m0/s1. The Balaban J connectivity index is 1.43. The fourth-order valence-corrected chi connectivity index (χ4v) is 5.39. The molecule has 1 amide bonds. The van der Waals surface area contributed by atoms with Crippen molar-refractivity contribution in [1.29, 1.82) is 0 Å². The van der Waals surface area contributed by atoms with E-state index in [9.17, 15) is 4.79 Å². The van der Waals surface area contributed by atoms with E-state index in [1.54, 1.807) is 4.68 Å². The molecule has 1 N–H and O–H groups in total. The van der Waals surface area contributed by atoms with Crippen LogP contribution in [0, 0.1) is 6.92 Å². The molecule has 2 atom stereocenters. The number of hydrogen-bond donors (Lipinski definition) is 1. The number of benzene rings is 2. The number of nitrogens with one attached hydrogen (secondary N) is 1. The van der Waals surface area contributed by atoms with Gasteiger partial charge in [-0.15, -0.1) is 0 Å². The number of carbonyl (C=O) groups excluding carboxylic acids is 1. The molecule has 2 aromatic heterocycles. The Morgan fingerprint density at radius 1 is 1.08 bits per heavy atom. The van der Waals surface area contributed by atoms with Crippen molar-refractivity contribution in [2.45, 2.75) is 46.3 Å². The Hall–Kier alpha value is -3.91. The van der Waals surface area contributed by atoms with E-state index in [1.165, 1.54) is 0 Å². The minimum absolute atomic E-state index is 0.0628. The van der Waals surface area contributed by atoms with Gasteiger partial charge in [0.05, 0.1) is 17.9 Å². The number of anilines is 1. The topological polar surface area (TPSA) is 71.2 Å². The molecule has 1 saturated heterocycles. The smallest absolute Gasteiger partial charge is 0.252 e. The quantitative estimate of drug-likeness (QED) is 0.371. The number of likely N-dealkylation sites (N-methyl/N-ethyl adjacent to an activating group) is 1. The van der Waals surface area contributed by atoms with E-state index in [2.05, 4.69) is 71.4 Å². The van der Waals surface area contributed by atoms with Crippen molar-refractivity contribution >= 4 is 11.6 Å². The molecule has 0 spiro atoms. The molecule has 8 heteroatoms. The van der Waals surface area contributed by atoms with Crippen molar-refractivity contribution < 1.29 is 4.79 Å². The predicted octanol–water partition coefficient (Wildman–Crippen LogP) is 4.91. The van der Waals surface area contributed by atoms with Gasteiger partial charge in [-0.1, -0.05) is 6.07 Å². The second-order valence-corrected chi connectivity index (χ2v) is 10.8. The molecule has 5 rings (SSSR count). The fourth-order valence-electron chi connectivity index (χ4n) is 5.39. The van der Waals surface area contributed by atoms with Gasteiger partial charge in [0.25, 0.3) is 5.91 Å². The third kappa shape index (κ3) is 5.76. The third-order valence-electron chi connectivity index (χ3n) is 7.73. The first-order chi connectivity index (χ1) is 18.7. The van der Waals surface area contributed by atoms with Gasteiger partial charge in [-0.2, -0.15) is 10.2 Å². The maximum atomic E-state index is 13.6. The molecule has 0 radical (unpaired) electrons. The van der Waals surface area contributed by atoms with Crippen LogP contribution in [0.3, 0.4) is 0 Å². The summed E-state index contributed by atoms with van der Waals surface area (Å²) < 4.78 is 3.73. The van der Waals surface area contributed by atoms with Crippen LogP contribution in [0.4, 0.5) is 5.69 Å². The maximum absolute atomic E-state index is 13.6. The van der Waals surface area contributed by atoms with E-state index in [0.717, 1.165) is 70.9 Å². The van der Waals surface area contributed by atoms with Crippen molar-refractivity contribution in [2.75, 3.05) is 31.6 Å². The van der Waals surface area contributed by atoms with Gasteiger partial charge in [-0.25, -0.2) is 0 Å². The lowest BCUT2D eigenvalue weighted by Gasteiger charge is -2.40. The third-order valence-corrected chi connectivity index (χ3v) is 7.73. The van der Waals surface area contributed by atoms with Crippen molar-refractivity contribution in [3.8, 4) is 22.4 Å². The molecule has 1 aliphatic rings. The number of amides is 1. The van der Waals surface area contributed by atoms with Crippen molar-refractivity contribution in [3.05, 3.63) is 77.7 Å². The molecule has 0 bridgehead atoms. The van der Waals surface area contributed by atoms with Crippen LogP contribution in [-0.2, 0) is 13.6 Å². The van der Waals surface area contributed by atoms with Gasteiger partial charge >= 0.3 is 0 Å². The normalized spacial score (nSPS) is 16.9. The lowest BCUT2D eigenvalue weighted by atomic mass is 9.96. The van der Waals surface area contributed by atoms with E-state index in [0.29, 0.717) is 6.04 Å². The van der Waals surface area contributed by atoms with E-state index >= 15 is 0 Å². The molecule has 4 aromatic rings. The van der Waals surface area contributed by atoms with Gasteiger partial charge in [0, 0.05) is 74.0 Å². The van der Waals surface area contributed by atoms with Crippen LogP contribution in [0.2, 0.25) is 0 Å². The lowest BCUT2D eigenvalue weighted by Crippen LogP contribution is -2.50. The van der Waals surface area contributed by atoms with Gasteiger partial charge in [0.1, 0.15) is 0 Å². The van der Waals surface area contributed by atoms with E-state index in [4.69, 9.17) is 5.10 Å². The second kappa shape index (κ2) is 11.1. The molecule has 204 valence electrons. The maximum Gasteiger partial charge on any atom is 0.252 e. The molecular weight excluding hydrogens is 486 g/mol. The molecular formula is C31H39N7O. The number of hydrogen-bond acceptors (Lipinski definition) is 5. The summed E-state index contributed by atoms with van der Waals surface area (Å²) in [6.45, 7) is 12.2. The Kier molecular flexibility index (Phi) is 7.57. The summed E-state index contributed by atoms with van der Waals surface area (Å²) in [5.74, 6) is -0.0628. The number of rotatable bonds is 7. The summed E-state index contributed by atoms with van der Waals surface area (Å²) in [6.07, 6.45) is 5.87. The van der Waals surface area contributed by atoms with E-state index in [-0.39, 0.29) is 11.9 Å². The SMILES string of the molecule is CCn1ccc(-c2cc(-c3cnn(C)c3)cc([C@@H](C)NC(=O)c3cc(N4CCN(C)C[C@@H]4C)ccc3C)c2)n1. The van der Waals surface area contributed by atoms with E-state index < -0.39 is 0 Å². The highest BCUT2D eigenvalue weighted by molar-refractivity contribution is 5.97. The summed E-state index contributed by atoms with van der Waals surface area (Å²) in [4.78, 5) is 18.4. The highest BCUT2D eigenvalue weighted by Gasteiger charge is 2.23. The van der Waals surface area contributed by atoms with Crippen LogP contribution in [0.15, 0.2) is 61.1 Å². The van der Waals surface area contributed by atoms with Crippen LogP contribution in [0.1, 0.15) is 48.3 Å². The first-order valence-electron chi connectivity index (χ1n) is 13.8. The average molecular weight is 526 g/mol. The van der Waals surface area contributed by atoms with Gasteiger partial charge in [-0.05, 0) is 87.8 Å². The summed E-state index contributed by atoms with van der Waals surface area (Å²) >= 11 is 0. The highest BCUT2D eigenvalue weighted by Crippen LogP contribution is 2.30. The van der Waals surface area contributed by atoms with Gasteiger partial charge < -0.3 is 15.1 Å². The molecule has 0 unspecified atom stereocenters. The number of piperazine rings is 1. The summed E-state index contributed by atoms with van der Waals surface area (Å²) in [5.41, 5.74) is 7.81. The Morgan fingerprint density at radius 2 is 1.87 bits per heavy atom. The van der Waals surface area contributed by atoms with Crippen LogP contribution in [0.5, 0.6) is 0 Å². The second-order valence-electron chi connectivity index (χ2n) is 10.8. The number of carbonyl (C=O) groups is 1. The molecule has 0 aliphatic carbocycles. The zero-order chi connectivity index (χ0) is 27.7. The van der Waals surface area contributed by atoms with Crippen LogP contribution < -0.4 is 10.2 Å². The molecule has 1 aliphatic heterocycles. The number of nitrogens with zero attached hydrogens (tertiary/aromatic N) is 6. The first-order valence-corrected chi connectivity index (χ1v) is 13.8. The zero-order valence-electron chi connectivity index (χ0n) is 23.8. The molecule has 8 nitrogen and oxygen atoms in total. The van der Waals surface area contributed by atoms with Gasteiger partial charge in [0.2, 0.25) is 0 Å². The summed E-state index contributed by atoms with van der Waals surface area (Å²) in [7, 11) is 4.08. The van der Waals surface area contributed by atoms with Crippen molar-refractivity contribution in [1.82, 2.24) is 29.8 Å². The van der Waals surface area contributed by atoms with E-state index in [1.807, 2.05) is 56.3 Å². The van der Waals surface area contributed by atoms with Crippen LogP contribution in [0.25, 0.3) is 22.4 Å². The Labute approximate surface area is 231 Å². The monoisotopic (exact) mass is 525 g/mol. The summed E-state index contributed by atoms with van der Waals surface area (Å²) in [6, 6.07) is 14.9. The predicted molar refractivity (Wildman–Crippen MR) is 157 cm³/mol.